The molecule has 3 aromatic rings. The molecule has 5 aliphatic rings. The van der Waals surface area contributed by atoms with Crippen molar-refractivity contribution in [3.05, 3.63) is 84.5 Å². The van der Waals surface area contributed by atoms with Crippen molar-refractivity contribution in [3.63, 3.8) is 0 Å². The molecule has 2 aromatic carbocycles. The number of ether oxygens (including phenoxy) is 2. The van der Waals surface area contributed by atoms with Crippen molar-refractivity contribution in [2.75, 3.05) is 18.4 Å². The van der Waals surface area contributed by atoms with Gasteiger partial charge in [0.1, 0.15) is 40.5 Å². The number of sulfonamides is 1. The largest absolute Gasteiger partial charge is 0.446 e. The molecule has 3 aliphatic heterocycles. The van der Waals surface area contributed by atoms with Gasteiger partial charge in [-0.05, 0) is 75.3 Å². The molecule has 2 aliphatic carbocycles. The average molecular weight is 889 g/mol. The van der Waals surface area contributed by atoms with Crippen LogP contribution < -0.4 is 20.7 Å². The summed E-state index contributed by atoms with van der Waals surface area (Å²) in [5.74, 6) is -3.98. The first-order valence-electron chi connectivity index (χ1n) is 21.7. The van der Waals surface area contributed by atoms with Crippen LogP contribution in [0.3, 0.4) is 0 Å². The van der Waals surface area contributed by atoms with Gasteiger partial charge in [-0.1, -0.05) is 50.0 Å². The van der Waals surface area contributed by atoms with Gasteiger partial charge in [-0.25, -0.2) is 31.8 Å². The van der Waals surface area contributed by atoms with E-state index in [4.69, 9.17) is 9.47 Å². The standard InChI is InChI=1S/C44H53FN8O9S/c1-2-29-23-44(29)41(56)50-63(59,60)38-21-30(45)18-19-34(38)46-20-12-5-3-4-9-17-35(48-42(57)61-32-15-10-11-16-32)40(55)52-26-33(22-36(52)39(54)49-44)62-43(58)51-25-28-24-47-53(37(28)27-51)31-13-7-6-8-14-31/h2,6-8,13-14,18-19,21,24,29,32-33,35-36,46H,1,3-5,9-12,15-17,20,22-23,25-27H2,(H,48,57)(H,49,54)(H,50,56)/t29-,33-,35+,36+,44-/m1/s1. The van der Waals surface area contributed by atoms with Gasteiger partial charge in [0.05, 0.1) is 42.9 Å². The molecular formula is C44H53FN8O9S. The number of nitrogens with zero attached hydrogens (tertiary/aromatic N) is 4. The number of para-hydroxylation sites is 1. The van der Waals surface area contributed by atoms with Crippen LogP contribution in [0, 0.1) is 11.7 Å². The molecule has 3 fully saturated rings. The molecule has 17 nitrogen and oxygen atoms in total. The Morgan fingerprint density at radius 2 is 1.68 bits per heavy atom. The number of amides is 5. The zero-order valence-corrected chi connectivity index (χ0v) is 35.7. The second-order valence-electron chi connectivity index (χ2n) is 17.0. The number of halogens is 1. The molecule has 1 aromatic heterocycles. The van der Waals surface area contributed by atoms with Crippen LogP contribution in [0.25, 0.3) is 5.69 Å². The van der Waals surface area contributed by atoms with Crippen LogP contribution in [0.5, 0.6) is 0 Å². The highest BCUT2D eigenvalue weighted by atomic mass is 32.2. The summed E-state index contributed by atoms with van der Waals surface area (Å²) in [6, 6.07) is 10.3. The molecule has 0 bridgehead atoms. The highest BCUT2D eigenvalue weighted by molar-refractivity contribution is 7.90. The molecule has 336 valence electrons. The van der Waals surface area contributed by atoms with Crippen molar-refractivity contribution in [2.24, 2.45) is 5.92 Å². The summed E-state index contributed by atoms with van der Waals surface area (Å²) in [5.41, 5.74) is 0.808. The molecule has 0 radical (unpaired) electrons. The summed E-state index contributed by atoms with van der Waals surface area (Å²) in [5, 5.41) is 13.0. The molecule has 63 heavy (non-hydrogen) atoms. The third-order valence-electron chi connectivity index (χ3n) is 12.7. The number of anilines is 1. The van der Waals surface area contributed by atoms with Crippen molar-refractivity contribution < 1.29 is 46.3 Å². The lowest BCUT2D eigenvalue weighted by atomic mass is 10.0. The number of rotatable bonds is 5. The normalized spacial score (nSPS) is 26.7. The van der Waals surface area contributed by atoms with Crippen LogP contribution >= 0.6 is 0 Å². The summed E-state index contributed by atoms with van der Waals surface area (Å²) in [6.45, 7) is 4.36. The second-order valence-corrected chi connectivity index (χ2v) is 18.7. The number of alkyl carbamates (subject to hydrolysis) is 1. The highest BCUT2D eigenvalue weighted by Gasteiger charge is 2.61. The molecule has 1 spiro atoms. The van der Waals surface area contributed by atoms with Crippen molar-refractivity contribution in [3.8, 4) is 5.69 Å². The van der Waals surface area contributed by atoms with Crippen LogP contribution in [0.4, 0.5) is 19.7 Å². The van der Waals surface area contributed by atoms with E-state index in [2.05, 4.69) is 32.4 Å². The fourth-order valence-electron chi connectivity index (χ4n) is 9.15. The monoisotopic (exact) mass is 888 g/mol. The molecule has 1 saturated heterocycles. The maximum Gasteiger partial charge on any atom is 0.410 e. The lowest BCUT2D eigenvalue weighted by Crippen LogP contribution is -2.58. The van der Waals surface area contributed by atoms with Crippen LogP contribution in [-0.2, 0) is 47.0 Å². The van der Waals surface area contributed by atoms with E-state index in [1.54, 1.807) is 10.9 Å². The first kappa shape index (κ1) is 43.7. The maximum absolute atomic E-state index is 14.7. The van der Waals surface area contributed by atoms with E-state index in [1.165, 1.54) is 21.9 Å². The number of carbonyl (C=O) groups is 5. The molecule has 2 saturated carbocycles. The zero-order valence-electron chi connectivity index (χ0n) is 34.9. The van der Waals surface area contributed by atoms with Crippen molar-refractivity contribution in [1.29, 1.82) is 0 Å². The third-order valence-corrected chi connectivity index (χ3v) is 14.1. The van der Waals surface area contributed by atoms with E-state index in [0.717, 1.165) is 67.6 Å². The number of aromatic nitrogens is 2. The number of fused-ring (bicyclic) bond motifs is 3. The van der Waals surface area contributed by atoms with Gasteiger partial charge in [-0.3, -0.25) is 19.3 Å². The Balaban J connectivity index is 1.05. The molecule has 4 N–H and O–H groups in total. The van der Waals surface area contributed by atoms with Crippen LogP contribution in [0.15, 0.2) is 72.3 Å². The van der Waals surface area contributed by atoms with Gasteiger partial charge in [0.2, 0.25) is 11.8 Å². The number of nitrogens with one attached hydrogen (secondary N) is 4. The molecular weight excluding hydrogens is 836 g/mol. The second kappa shape index (κ2) is 18.4. The fraction of sp³-hybridized carbons (Fsp3) is 0.500. The topological polar surface area (TPSA) is 210 Å². The first-order valence-corrected chi connectivity index (χ1v) is 23.2. The Labute approximate surface area is 365 Å². The first-order chi connectivity index (χ1) is 30.3. The summed E-state index contributed by atoms with van der Waals surface area (Å²) >= 11 is 0. The predicted octanol–water partition coefficient (Wildman–Crippen LogP) is 4.80. The summed E-state index contributed by atoms with van der Waals surface area (Å²) < 4.78 is 57.5. The number of benzene rings is 2. The van der Waals surface area contributed by atoms with Crippen LogP contribution in [0.2, 0.25) is 0 Å². The molecule has 5 amide bonds. The van der Waals surface area contributed by atoms with Crippen LogP contribution in [-0.4, -0.2) is 101 Å². The van der Waals surface area contributed by atoms with Gasteiger partial charge in [0, 0.05) is 24.4 Å². The van der Waals surface area contributed by atoms with E-state index < -0.39 is 80.3 Å². The average Bonchev–Trinajstić information content (AvgIpc) is 3.80. The minimum atomic E-state index is -4.67. The van der Waals surface area contributed by atoms with E-state index >= 15 is 0 Å². The summed E-state index contributed by atoms with van der Waals surface area (Å²) in [6.07, 6.45) is 7.20. The molecule has 8 rings (SSSR count). The number of hydrogen-bond donors (Lipinski definition) is 4. The smallest absolute Gasteiger partial charge is 0.410 e. The Kier molecular flexibility index (Phi) is 12.7. The fourth-order valence-corrected chi connectivity index (χ4v) is 10.4. The quantitative estimate of drug-likeness (QED) is 0.256. The number of hydrogen-bond acceptors (Lipinski definition) is 11. The lowest BCUT2D eigenvalue weighted by Gasteiger charge is -2.30. The molecule has 4 heterocycles. The Morgan fingerprint density at radius 1 is 0.937 bits per heavy atom. The van der Waals surface area contributed by atoms with Crippen LogP contribution in [0.1, 0.15) is 88.3 Å². The Hall–Kier alpha value is -5.98. The minimum Gasteiger partial charge on any atom is -0.446 e. The van der Waals surface area contributed by atoms with Gasteiger partial charge < -0.3 is 30.3 Å². The van der Waals surface area contributed by atoms with Gasteiger partial charge in [-0.2, -0.15) is 5.10 Å². The molecule has 0 unspecified atom stereocenters. The molecule has 19 heteroatoms. The SMILES string of the molecule is C=C[C@@H]1C[C@@]12NC(=O)[C@@H]1C[C@@H](OC(=O)N3Cc4cnn(-c5ccccc5)c4C3)CN1C(=O)[C@@H](NC(=O)OC1CCCC1)CCCCCCCNc1ccc(F)cc1S(=O)(=O)NC2=O. The lowest BCUT2D eigenvalue weighted by molar-refractivity contribution is -0.141. The van der Waals surface area contributed by atoms with Gasteiger partial charge in [-0.15, -0.1) is 6.58 Å². The minimum absolute atomic E-state index is 0.00987. The van der Waals surface area contributed by atoms with E-state index in [-0.39, 0.29) is 50.7 Å². The Bertz CT molecular complexity index is 2360. The summed E-state index contributed by atoms with van der Waals surface area (Å²) in [7, 11) is -4.67. The van der Waals surface area contributed by atoms with Gasteiger partial charge in [0.15, 0.2) is 0 Å². The van der Waals surface area contributed by atoms with Crippen molar-refractivity contribution in [1.82, 2.24) is 34.9 Å². The molecule has 5 atom stereocenters. The van der Waals surface area contributed by atoms with E-state index in [9.17, 15) is 36.8 Å². The van der Waals surface area contributed by atoms with Crippen molar-refractivity contribution >= 4 is 45.6 Å². The highest BCUT2D eigenvalue weighted by Crippen LogP contribution is 2.45. The van der Waals surface area contributed by atoms with Gasteiger partial charge in [0.25, 0.3) is 15.9 Å². The van der Waals surface area contributed by atoms with Crippen molar-refractivity contribution in [2.45, 2.75) is 125 Å². The zero-order chi connectivity index (χ0) is 44.3. The number of carbonyl (C=O) groups excluding carboxylic acids is 5. The van der Waals surface area contributed by atoms with E-state index in [1.807, 2.05) is 30.3 Å². The maximum atomic E-state index is 14.7. The third kappa shape index (κ3) is 9.52. The Morgan fingerprint density at radius 3 is 2.44 bits per heavy atom. The van der Waals surface area contributed by atoms with Gasteiger partial charge >= 0.3 is 12.2 Å². The summed E-state index contributed by atoms with van der Waals surface area (Å²) in [4.78, 5) is 72.6. The predicted molar refractivity (Wildman–Crippen MR) is 226 cm³/mol. The van der Waals surface area contributed by atoms with E-state index in [0.29, 0.717) is 25.8 Å².